The van der Waals surface area contributed by atoms with E-state index >= 15 is 0 Å². The van der Waals surface area contributed by atoms with Crippen molar-refractivity contribution >= 4 is 44.6 Å². The summed E-state index contributed by atoms with van der Waals surface area (Å²) in [4.78, 5) is 14.2. The number of nitrogens with zero attached hydrogens (tertiary/aromatic N) is 2. The minimum atomic E-state index is -4.76. The summed E-state index contributed by atoms with van der Waals surface area (Å²) in [5.41, 5.74) is 0.811. The van der Waals surface area contributed by atoms with Gasteiger partial charge in [0, 0.05) is 38.1 Å². The number of halogens is 5. The van der Waals surface area contributed by atoms with Gasteiger partial charge in [-0.3, -0.25) is 4.79 Å². The lowest BCUT2D eigenvalue weighted by Gasteiger charge is -2.41. The van der Waals surface area contributed by atoms with Crippen LogP contribution < -0.4 is 4.90 Å². The van der Waals surface area contributed by atoms with Crippen LogP contribution >= 0.6 is 23.2 Å². The minimum absolute atomic E-state index is 0.242. The fraction of sp³-hybridized carbons (Fsp3) is 0.450. The fourth-order valence-electron chi connectivity index (χ4n) is 3.71. The van der Waals surface area contributed by atoms with E-state index in [-0.39, 0.29) is 13.1 Å². The van der Waals surface area contributed by atoms with E-state index in [1.54, 1.807) is 18.2 Å². The highest BCUT2D eigenvalue weighted by atomic mass is 35.5. The third-order valence-electron chi connectivity index (χ3n) is 5.34. The van der Waals surface area contributed by atoms with Crippen LogP contribution in [0.2, 0.25) is 10.0 Å². The lowest BCUT2D eigenvalue weighted by atomic mass is 9.94. The summed E-state index contributed by atoms with van der Waals surface area (Å²) in [5.74, 6) is -2.06. The van der Waals surface area contributed by atoms with Crippen LogP contribution in [0.25, 0.3) is 0 Å². The van der Waals surface area contributed by atoms with Crippen molar-refractivity contribution < 1.29 is 31.1 Å². The Balaban J connectivity index is 1.78. The number of anilines is 1. The Kier molecular flexibility index (Phi) is 7.19. The number of alkyl halides is 3. The maximum Gasteiger partial charge on any atom is 0.411 e. The third kappa shape index (κ3) is 5.24. The number of allylic oxidation sites excluding steroid dienone is 2. The fourth-order valence-corrected chi connectivity index (χ4v) is 5.25. The van der Waals surface area contributed by atoms with Crippen molar-refractivity contribution in [3.63, 3.8) is 0 Å². The molecule has 0 aromatic heterocycles. The van der Waals surface area contributed by atoms with Crippen molar-refractivity contribution in [3.8, 4) is 0 Å². The van der Waals surface area contributed by atoms with Gasteiger partial charge in [-0.15, -0.1) is 0 Å². The molecule has 0 N–H and O–H groups in total. The number of piperazine rings is 1. The summed E-state index contributed by atoms with van der Waals surface area (Å²) in [6, 6.07) is 5.16. The molecule has 1 aromatic carbocycles. The summed E-state index contributed by atoms with van der Waals surface area (Å²) in [7, 11) is -4.25. The Morgan fingerprint density at radius 3 is 2.38 bits per heavy atom. The highest BCUT2D eigenvalue weighted by Crippen LogP contribution is 2.37. The number of carbonyl (C=O) groups excluding carboxylic acids is 1. The molecule has 1 heterocycles. The lowest BCUT2D eigenvalue weighted by Crippen LogP contribution is -2.57. The maximum absolute atomic E-state index is 13.2. The topological polar surface area (TPSA) is 66.9 Å². The quantitative estimate of drug-likeness (QED) is 0.601. The Morgan fingerprint density at radius 1 is 1.16 bits per heavy atom. The van der Waals surface area contributed by atoms with E-state index in [9.17, 15) is 26.4 Å². The third-order valence-corrected chi connectivity index (χ3v) is 7.75. The van der Waals surface area contributed by atoms with Gasteiger partial charge in [-0.25, -0.2) is 8.42 Å². The van der Waals surface area contributed by atoms with E-state index in [1.807, 2.05) is 4.90 Å². The molecule has 1 fully saturated rings. The smallest absolute Gasteiger partial charge is 0.368 e. The summed E-state index contributed by atoms with van der Waals surface area (Å²) in [6.07, 6.45) is 0.965. The van der Waals surface area contributed by atoms with Crippen LogP contribution in [-0.2, 0) is 19.4 Å². The largest absolute Gasteiger partial charge is 0.411 e. The van der Waals surface area contributed by atoms with Crippen molar-refractivity contribution in [2.45, 2.75) is 11.1 Å². The van der Waals surface area contributed by atoms with Crippen LogP contribution in [-0.4, -0.2) is 69.4 Å². The molecule has 2 unspecified atom stereocenters. The van der Waals surface area contributed by atoms with Gasteiger partial charge >= 0.3 is 6.18 Å². The predicted molar refractivity (Wildman–Crippen MR) is 117 cm³/mol. The van der Waals surface area contributed by atoms with E-state index in [2.05, 4.69) is 0 Å². The number of hydrogen-bond donors (Lipinski definition) is 0. The number of hydrogen-bond acceptors (Lipinski definition) is 5. The zero-order chi connectivity index (χ0) is 23.7. The van der Waals surface area contributed by atoms with Crippen LogP contribution in [0, 0.1) is 5.92 Å². The van der Waals surface area contributed by atoms with Crippen molar-refractivity contribution in [1.29, 1.82) is 0 Å². The summed E-state index contributed by atoms with van der Waals surface area (Å²) >= 11 is 12.0. The Morgan fingerprint density at radius 2 is 1.81 bits per heavy atom. The molecule has 12 heteroatoms. The van der Waals surface area contributed by atoms with Crippen molar-refractivity contribution in [2.24, 2.45) is 5.92 Å². The van der Waals surface area contributed by atoms with Crippen LogP contribution in [0.1, 0.15) is 0 Å². The molecule has 0 saturated carbocycles. The van der Waals surface area contributed by atoms with Crippen LogP contribution in [0.15, 0.2) is 42.5 Å². The SMILES string of the molecule is CS(=O)(=O)C1(OCC(F)(F)F)C=CC=CC1C(=O)N1CCN(c2ccc(Cl)c(Cl)c2)CC1. The van der Waals surface area contributed by atoms with Crippen LogP contribution in [0.4, 0.5) is 18.9 Å². The first-order valence-corrected chi connectivity index (χ1v) is 12.2. The molecular weight excluding hydrogens is 492 g/mol. The highest BCUT2D eigenvalue weighted by molar-refractivity contribution is 7.92. The second kappa shape index (κ2) is 9.24. The molecule has 2 atom stereocenters. The summed E-state index contributed by atoms with van der Waals surface area (Å²) in [6.45, 7) is -0.470. The zero-order valence-corrected chi connectivity index (χ0v) is 19.3. The first kappa shape index (κ1) is 24.9. The molecule has 176 valence electrons. The molecule has 1 amide bonds. The summed E-state index contributed by atoms with van der Waals surface area (Å²) in [5, 5.41) is 0.805. The van der Waals surface area contributed by atoms with Gasteiger partial charge in [-0.1, -0.05) is 41.4 Å². The van der Waals surface area contributed by atoms with E-state index in [0.717, 1.165) is 18.0 Å². The molecule has 0 radical (unpaired) electrons. The van der Waals surface area contributed by atoms with Gasteiger partial charge in [-0.2, -0.15) is 13.2 Å². The minimum Gasteiger partial charge on any atom is -0.368 e. The highest BCUT2D eigenvalue weighted by Gasteiger charge is 2.53. The monoisotopic (exact) mass is 512 g/mol. The van der Waals surface area contributed by atoms with Crippen molar-refractivity contribution in [1.82, 2.24) is 4.90 Å². The Hall–Kier alpha value is -1.75. The molecule has 3 rings (SSSR count). The average Bonchev–Trinajstić information content (AvgIpc) is 2.73. The molecule has 1 saturated heterocycles. The molecule has 0 spiro atoms. The van der Waals surface area contributed by atoms with E-state index in [1.165, 1.54) is 23.1 Å². The van der Waals surface area contributed by atoms with Gasteiger partial charge < -0.3 is 14.5 Å². The molecule has 2 aliphatic rings. The van der Waals surface area contributed by atoms with E-state index in [0.29, 0.717) is 23.1 Å². The van der Waals surface area contributed by atoms with Crippen LogP contribution in [0.5, 0.6) is 0 Å². The summed E-state index contributed by atoms with van der Waals surface area (Å²) < 4.78 is 68.5. The van der Waals surface area contributed by atoms with Gasteiger partial charge in [0.15, 0.2) is 9.84 Å². The first-order valence-electron chi connectivity index (χ1n) is 9.59. The number of rotatable bonds is 5. The predicted octanol–water partition coefficient (Wildman–Crippen LogP) is 3.70. The Labute approximate surface area is 194 Å². The van der Waals surface area contributed by atoms with E-state index < -0.39 is 39.4 Å². The molecule has 1 aliphatic carbocycles. The molecule has 6 nitrogen and oxygen atoms in total. The second-order valence-electron chi connectivity index (χ2n) is 7.53. The maximum atomic E-state index is 13.2. The average molecular weight is 513 g/mol. The van der Waals surface area contributed by atoms with Crippen molar-refractivity contribution in [3.05, 3.63) is 52.5 Å². The number of ether oxygens (including phenoxy) is 1. The lowest BCUT2D eigenvalue weighted by molar-refractivity contribution is -0.191. The van der Waals surface area contributed by atoms with Gasteiger partial charge in [0.25, 0.3) is 0 Å². The molecule has 1 aliphatic heterocycles. The van der Waals surface area contributed by atoms with Gasteiger partial charge in [0.2, 0.25) is 10.8 Å². The second-order valence-corrected chi connectivity index (χ2v) is 10.5. The molecule has 1 aromatic rings. The molecule has 0 bridgehead atoms. The number of sulfone groups is 1. The van der Waals surface area contributed by atoms with Gasteiger partial charge in [0.1, 0.15) is 12.5 Å². The van der Waals surface area contributed by atoms with Gasteiger partial charge in [0.05, 0.1) is 10.0 Å². The number of amides is 1. The van der Waals surface area contributed by atoms with Gasteiger partial charge in [-0.05, 0) is 24.3 Å². The number of benzene rings is 1. The van der Waals surface area contributed by atoms with E-state index in [4.69, 9.17) is 27.9 Å². The van der Waals surface area contributed by atoms with Crippen molar-refractivity contribution in [2.75, 3.05) is 43.9 Å². The zero-order valence-electron chi connectivity index (χ0n) is 17.0. The normalized spacial score (nSPS) is 24.1. The van der Waals surface area contributed by atoms with Crippen LogP contribution in [0.3, 0.4) is 0 Å². The number of carbonyl (C=O) groups is 1. The first-order chi connectivity index (χ1) is 14.8. The molecule has 32 heavy (non-hydrogen) atoms. The molecular formula is C20H21Cl2F3N2O4S. The Bertz CT molecular complexity index is 1040. The standard InChI is InChI=1S/C20H21Cl2F3N2O4S/c1-32(29,30)19(31-13-20(23,24)25)7-3-2-4-15(19)18(28)27-10-8-26(9-11-27)14-5-6-16(21)17(22)12-14/h2-7,12,15H,8-11,13H2,1H3.